The van der Waals surface area contributed by atoms with Crippen LogP contribution in [0.2, 0.25) is 0 Å². The summed E-state index contributed by atoms with van der Waals surface area (Å²) in [5.41, 5.74) is 1.40. The van der Waals surface area contributed by atoms with Crippen LogP contribution in [-0.4, -0.2) is 43.1 Å². The van der Waals surface area contributed by atoms with Gasteiger partial charge in [-0.25, -0.2) is 4.79 Å². The van der Waals surface area contributed by atoms with Crippen molar-refractivity contribution in [2.75, 3.05) is 36.9 Å². The van der Waals surface area contributed by atoms with Gasteiger partial charge in [0.1, 0.15) is 0 Å². The van der Waals surface area contributed by atoms with Gasteiger partial charge >= 0.3 is 6.03 Å². The molecule has 1 saturated carbocycles. The van der Waals surface area contributed by atoms with Crippen molar-refractivity contribution >= 4 is 23.3 Å². The Morgan fingerprint density at radius 2 is 1.76 bits per heavy atom. The zero-order chi connectivity index (χ0) is 14.7. The van der Waals surface area contributed by atoms with Gasteiger partial charge < -0.3 is 20.3 Å². The quantitative estimate of drug-likeness (QED) is 0.892. The normalized spacial score (nSPS) is 18.2. The lowest BCUT2D eigenvalue weighted by atomic mass is 10.2. The lowest BCUT2D eigenvalue weighted by molar-refractivity contribution is -0.117. The largest absolute Gasteiger partial charge is 0.378 e. The fourth-order valence-electron chi connectivity index (χ4n) is 2.23. The van der Waals surface area contributed by atoms with Crippen molar-refractivity contribution in [3.8, 4) is 0 Å². The van der Waals surface area contributed by atoms with Gasteiger partial charge in [-0.3, -0.25) is 4.79 Å². The third-order valence-corrected chi connectivity index (χ3v) is 3.63. The van der Waals surface area contributed by atoms with Crippen LogP contribution in [0.1, 0.15) is 12.8 Å². The predicted molar refractivity (Wildman–Crippen MR) is 79.2 cm³/mol. The van der Waals surface area contributed by atoms with Crippen LogP contribution in [0.5, 0.6) is 0 Å². The number of benzene rings is 1. The first-order valence-electron chi connectivity index (χ1n) is 7.27. The fourth-order valence-corrected chi connectivity index (χ4v) is 2.23. The minimum absolute atomic E-state index is 0.0617. The zero-order valence-corrected chi connectivity index (χ0v) is 11.8. The number of amides is 3. The first-order valence-corrected chi connectivity index (χ1v) is 7.27. The molecule has 2 aliphatic rings. The maximum absolute atomic E-state index is 12.1. The second-order valence-corrected chi connectivity index (χ2v) is 5.37. The Balaban J connectivity index is 1.59. The average Bonchev–Trinajstić information content (AvgIpc) is 3.33. The molecule has 112 valence electrons. The molecule has 1 aromatic carbocycles. The number of carbonyl (C=O) groups excluding carboxylic acids is 2. The van der Waals surface area contributed by atoms with E-state index in [9.17, 15) is 9.59 Å². The summed E-state index contributed by atoms with van der Waals surface area (Å²) in [6, 6.07) is 7.09. The van der Waals surface area contributed by atoms with Crippen molar-refractivity contribution in [2.24, 2.45) is 5.92 Å². The summed E-state index contributed by atoms with van der Waals surface area (Å²) in [4.78, 5) is 25.5. The van der Waals surface area contributed by atoms with Gasteiger partial charge in [-0.05, 0) is 31.0 Å². The van der Waals surface area contributed by atoms with Crippen LogP contribution < -0.4 is 10.6 Å². The van der Waals surface area contributed by atoms with E-state index in [1.165, 1.54) is 0 Å². The monoisotopic (exact) mass is 289 g/mol. The van der Waals surface area contributed by atoms with Crippen LogP contribution in [0.15, 0.2) is 24.3 Å². The minimum atomic E-state index is -0.135. The van der Waals surface area contributed by atoms with Crippen molar-refractivity contribution in [1.82, 2.24) is 4.90 Å². The van der Waals surface area contributed by atoms with E-state index >= 15 is 0 Å². The lowest BCUT2D eigenvalue weighted by Crippen LogP contribution is -2.43. The van der Waals surface area contributed by atoms with Gasteiger partial charge in [-0.1, -0.05) is 6.07 Å². The van der Waals surface area contributed by atoms with Gasteiger partial charge in [0, 0.05) is 30.4 Å². The standard InChI is InChI=1S/C15H19N3O3/c19-14(11-4-5-11)16-12-2-1-3-13(10-12)17-15(20)18-6-8-21-9-7-18/h1-3,10-11H,4-9H2,(H,16,19)(H,17,20). The summed E-state index contributed by atoms with van der Waals surface area (Å²) >= 11 is 0. The van der Waals surface area contributed by atoms with E-state index in [4.69, 9.17) is 4.74 Å². The minimum Gasteiger partial charge on any atom is -0.378 e. The van der Waals surface area contributed by atoms with Gasteiger partial charge in [-0.2, -0.15) is 0 Å². The Kier molecular flexibility index (Phi) is 4.06. The molecule has 6 heteroatoms. The summed E-state index contributed by atoms with van der Waals surface area (Å²) < 4.78 is 5.22. The van der Waals surface area contributed by atoms with E-state index in [1.807, 2.05) is 18.2 Å². The second-order valence-electron chi connectivity index (χ2n) is 5.37. The summed E-state index contributed by atoms with van der Waals surface area (Å²) in [7, 11) is 0. The van der Waals surface area contributed by atoms with Crippen LogP contribution in [0, 0.1) is 5.92 Å². The molecule has 1 aliphatic carbocycles. The van der Waals surface area contributed by atoms with E-state index in [1.54, 1.807) is 11.0 Å². The predicted octanol–water partition coefficient (Wildman–Crippen LogP) is 1.90. The highest BCUT2D eigenvalue weighted by Gasteiger charge is 2.29. The number of rotatable bonds is 3. The average molecular weight is 289 g/mol. The first-order chi connectivity index (χ1) is 10.2. The fraction of sp³-hybridized carbons (Fsp3) is 0.467. The summed E-state index contributed by atoms with van der Waals surface area (Å²) in [6.07, 6.45) is 1.94. The van der Waals surface area contributed by atoms with Crippen molar-refractivity contribution in [2.45, 2.75) is 12.8 Å². The highest BCUT2D eigenvalue weighted by molar-refractivity contribution is 5.95. The number of hydrogen-bond acceptors (Lipinski definition) is 3. The summed E-state index contributed by atoms with van der Waals surface area (Å²) in [6.45, 7) is 2.35. The number of ether oxygens (including phenoxy) is 1. The highest BCUT2D eigenvalue weighted by atomic mass is 16.5. The number of nitrogens with one attached hydrogen (secondary N) is 2. The Morgan fingerprint density at radius 1 is 1.10 bits per heavy atom. The highest BCUT2D eigenvalue weighted by Crippen LogP contribution is 2.30. The molecule has 0 unspecified atom stereocenters. The zero-order valence-electron chi connectivity index (χ0n) is 11.8. The number of carbonyl (C=O) groups is 2. The summed E-state index contributed by atoms with van der Waals surface area (Å²) in [5.74, 6) is 0.225. The lowest BCUT2D eigenvalue weighted by Gasteiger charge is -2.27. The molecule has 21 heavy (non-hydrogen) atoms. The maximum atomic E-state index is 12.1. The Bertz CT molecular complexity index is 537. The third-order valence-electron chi connectivity index (χ3n) is 3.63. The molecule has 0 radical (unpaired) electrons. The smallest absolute Gasteiger partial charge is 0.322 e. The van der Waals surface area contributed by atoms with Crippen LogP contribution in [0.4, 0.5) is 16.2 Å². The molecule has 2 N–H and O–H groups in total. The van der Waals surface area contributed by atoms with Crippen LogP contribution in [-0.2, 0) is 9.53 Å². The number of hydrogen-bond donors (Lipinski definition) is 2. The van der Waals surface area contributed by atoms with Crippen molar-refractivity contribution in [3.05, 3.63) is 24.3 Å². The molecule has 1 aliphatic heterocycles. The van der Waals surface area contributed by atoms with Crippen molar-refractivity contribution in [3.63, 3.8) is 0 Å². The molecule has 0 bridgehead atoms. The Morgan fingerprint density at radius 3 is 2.43 bits per heavy atom. The number of urea groups is 1. The molecule has 6 nitrogen and oxygen atoms in total. The SMILES string of the molecule is O=C(Nc1cccc(NC(=O)N2CCOCC2)c1)C1CC1. The Hall–Kier alpha value is -2.08. The molecule has 3 amide bonds. The molecular weight excluding hydrogens is 270 g/mol. The van der Waals surface area contributed by atoms with E-state index in [2.05, 4.69) is 10.6 Å². The summed E-state index contributed by atoms with van der Waals surface area (Å²) in [5, 5.41) is 5.72. The van der Waals surface area contributed by atoms with Crippen molar-refractivity contribution in [1.29, 1.82) is 0 Å². The molecule has 1 saturated heterocycles. The first kappa shape index (κ1) is 13.9. The number of nitrogens with zero attached hydrogens (tertiary/aromatic N) is 1. The van der Waals surface area contributed by atoms with Gasteiger partial charge in [0.2, 0.25) is 5.91 Å². The van der Waals surface area contributed by atoms with Crippen LogP contribution in [0.3, 0.4) is 0 Å². The molecule has 1 heterocycles. The molecule has 0 aromatic heterocycles. The van der Waals surface area contributed by atoms with E-state index in [-0.39, 0.29) is 17.9 Å². The van der Waals surface area contributed by atoms with E-state index in [0.717, 1.165) is 12.8 Å². The van der Waals surface area contributed by atoms with E-state index in [0.29, 0.717) is 37.7 Å². The van der Waals surface area contributed by atoms with Crippen molar-refractivity contribution < 1.29 is 14.3 Å². The van der Waals surface area contributed by atoms with Gasteiger partial charge in [0.15, 0.2) is 0 Å². The Labute approximate surface area is 123 Å². The van der Waals surface area contributed by atoms with Crippen LogP contribution in [0.25, 0.3) is 0 Å². The van der Waals surface area contributed by atoms with Crippen LogP contribution >= 0.6 is 0 Å². The van der Waals surface area contributed by atoms with Gasteiger partial charge in [0.05, 0.1) is 13.2 Å². The molecule has 1 aromatic rings. The number of anilines is 2. The molecule has 3 rings (SSSR count). The topological polar surface area (TPSA) is 70.7 Å². The third kappa shape index (κ3) is 3.72. The molecule has 0 spiro atoms. The van der Waals surface area contributed by atoms with E-state index < -0.39 is 0 Å². The van der Waals surface area contributed by atoms with Gasteiger partial charge in [-0.15, -0.1) is 0 Å². The number of morpholine rings is 1. The maximum Gasteiger partial charge on any atom is 0.322 e. The molecule has 0 atom stereocenters. The van der Waals surface area contributed by atoms with Gasteiger partial charge in [0.25, 0.3) is 0 Å². The molecule has 2 fully saturated rings. The second kappa shape index (κ2) is 6.13. The molecular formula is C15H19N3O3.